The van der Waals surface area contributed by atoms with Crippen molar-refractivity contribution in [2.45, 2.75) is 19.9 Å². The Bertz CT molecular complexity index is 931. The molecule has 2 rings (SSSR count). The third-order valence-electron chi connectivity index (χ3n) is 3.71. The van der Waals surface area contributed by atoms with E-state index >= 15 is 0 Å². The number of hydrogen-bond acceptors (Lipinski definition) is 3. The number of hydrogen-bond donors (Lipinski definition) is 1. The molecule has 0 bridgehead atoms. The third kappa shape index (κ3) is 4.31. The van der Waals surface area contributed by atoms with Gasteiger partial charge in [0.2, 0.25) is 15.9 Å². The molecular formula is C17H17ClF2N2O3S. The maximum absolute atomic E-state index is 13.7. The molecule has 140 valence electrons. The van der Waals surface area contributed by atoms with Gasteiger partial charge in [-0.1, -0.05) is 23.7 Å². The first-order chi connectivity index (χ1) is 12.0. The summed E-state index contributed by atoms with van der Waals surface area (Å²) < 4.78 is 52.9. The summed E-state index contributed by atoms with van der Waals surface area (Å²) >= 11 is 5.95. The topological polar surface area (TPSA) is 66.5 Å². The fraction of sp³-hybridized carbons (Fsp3) is 0.235. The first-order valence-electron chi connectivity index (χ1n) is 7.53. The molecule has 0 aliphatic heterocycles. The van der Waals surface area contributed by atoms with Crippen molar-refractivity contribution in [1.29, 1.82) is 0 Å². The van der Waals surface area contributed by atoms with Crippen LogP contribution in [0.15, 0.2) is 36.4 Å². The van der Waals surface area contributed by atoms with E-state index in [0.717, 1.165) is 28.8 Å². The number of halogens is 3. The van der Waals surface area contributed by atoms with Crippen molar-refractivity contribution in [3.05, 3.63) is 58.6 Å². The van der Waals surface area contributed by atoms with Gasteiger partial charge in [-0.05, 0) is 43.7 Å². The molecule has 5 nitrogen and oxygen atoms in total. The Labute approximate surface area is 155 Å². The highest BCUT2D eigenvalue weighted by atomic mass is 35.5. The molecule has 26 heavy (non-hydrogen) atoms. The van der Waals surface area contributed by atoms with Crippen LogP contribution in [0.2, 0.25) is 5.02 Å². The molecule has 2 aromatic rings. The van der Waals surface area contributed by atoms with Gasteiger partial charge >= 0.3 is 0 Å². The van der Waals surface area contributed by atoms with Crippen LogP contribution in [-0.2, 0) is 14.8 Å². The Morgan fingerprint density at radius 1 is 1.19 bits per heavy atom. The summed E-state index contributed by atoms with van der Waals surface area (Å²) in [5.74, 6) is -2.82. The summed E-state index contributed by atoms with van der Waals surface area (Å²) in [6.07, 6.45) is 0.931. The van der Waals surface area contributed by atoms with Crippen LogP contribution in [-0.4, -0.2) is 26.6 Å². The number of aryl methyl sites for hydroxylation is 1. The molecule has 0 saturated heterocycles. The summed E-state index contributed by atoms with van der Waals surface area (Å²) in [7, 11) is -3.89. The Morgan fingerprint density at radius 3 is 2.31 bits per heavy atom. The van der Waals surface area contributed by atoms with Crippen LogP contribution in [0.4, 0.5) is 20.2 Å². The highest BCUT2D eigenvalue weighted by molar-refractivity contribution is 7.92. The molecule has 0 saturated carbocycles. The van der Waals surface area contributed by atoms with Crippen molar-refractivity contribution in [2.24, 2.45) is 0 Å². The van der Waals surface area contributed by atoms with Crippen molar-refractivity contribution in [2.75, 3.05) is 15.9 Å². The van der Waals surface area contributed by atoms with Crippen LogP contribution in [0, 0.1) is 18.6 Å². The molecule has 0 spiro atoms. The predicted molar refractivity (Wildman–Crippen MR) is 98.0 cm³/mol. The summed E-state index contributed by atoms with van der Waals surface area (Å²) in [4.78, 5) is 12.5. The van der Waals surface area contributed by atoms with Gasteiger partial charge in [-0.25, -0.2) is 17.2 Å². The van der Waals surface area contributed by atoms with Crippen molar-refractivity contribution < 1.29 is 22.0 Å². The Kier molecular flexibility index (Phi) is 5.87. The molecule has 0 aliphatic carbocycles. The van der Waals surface area contributed by atoms with Gasteiger partial charge in [0.15, 0.2) is 0 Å². The predicted octanol–water partition coefficient (Wildman–Crippen LogP) is 3.72. The third-order valence-corrected chi connectivity index (χ3v) is 5.17. The second kappa shape index (κ2) is 7.59. The van der Waals surface area contributed by atoms with Gasteiger partial charge < -0.3 is 5.32 Å². The van der Waals surface area contributed by atoms with E-state index in [1.807, 2.05) is 0 Å². The van der Waals surface area contributed by atoms with Gasteiger partial charge in [-0.2, -0.15) is 0 Å². The monoisotopic (exact) mass is 402 g/mol. The molecule has 0 aromatic heterocycles. The van der Waals surface area contributed by atoms with Crippen molar-refractivity contribution in [3.8, 4) is 0 Å². The average Bonchev–Trinajstić information content (AvgIpc) is 2.53. The number of rotatable bonds is 5. The minimum atomic E-state index is -3.89. The van der Waals surface area contributed by atoms with E-state index in [2.05, 4.69) is 5.32 Å². The molecule has 0 aliphatic rings. The van der Waals surface area contributed by atoms with E-state index in [9.17, 15) is 22.0 Å². The van der Waals surface area contributed by atoms with Gasteiger partial charge in [0, 0.05) is 5.02 Å². The first kappa shape index (κ1) is 20.1. The zero-order valence-electron chi connectivity index (χ0n) is 14.3. The largest absolute Gasteiger partial charge is 0.319 e. The van der Waals surface area contributed by atoms with E-state index in [1.54, 1.807) is 19.1 Å². The Hall–Kier alpha value is -2.19. The van der Waals surface area contributed by atoms with Crippen LogP contribution in [0.3, 0.4) is 0 Å². The number of carbonyl (C=O) groups excluding carboxylic acids is 1. The molecule has 1 N–H and O–H groups in total. The summed E-state index contributed by atoms with van der Waals surface area (Å²) in [5, 5.41) is 2.39. The molecular weight excluding hydrogens is 386 g/mol. The van der Waals surface area contributed by atoms with E-state index in [4.69, 9.17) is 11.6 Å². The van der Waals surface area contributed by atoms with E-state index < -0.39 is 39.3 Å². The molecule has 0 radical (unpaired) electrons. The fourth-order valence-electron chi connectivity index (χ4n) is 2.45. The van der Waals surface area contributed by atoms with E-state index in [0.29, 0.717) is 5.56 Å². The number of sulfonamides is 1. The Balaban J connectivity index is 2.43. The molecule has 0 unspecified atom stereocenters. The molecule has 1 amide bonds. The van der Waals surface area contributed by atoms with Gasteiger partial charge in [-0.15, -0.1) is 0 Å². The molecule has 0 heterocycles. The number of para-hydroxylation sites is 1. The highest BCUT2D eigenvalue weighted by Gasteiger charge is 2.31. The first-order valence-corrected chi connectivity index (χ1v) is 9.75. The molecule has 1 atom stereocenters. The lowest BCUT2D eigenvalue weighted by molar-refractivity contribution is -0.116. The lowest BCUT2D eigenvalue weighted by atomic mass is 10.1. The SMILES string of the molecule is Cc1ccc(Cl)cc1N([C@H](C)C(=O)Nc1c(F)cccc1F)S(C)(=O)=O. The number of anilines is 2. The summed E-state index contributed by atoms with van der Waals surface area (Å²) in [5.41, 5.74) is 0.133. The summed E-state index contributed by atoms with van der Waals surface area (Å²) in [6.45, 7) is 2.97. The van der Waals surface area contributed by atoms with Gasteiger partial charge in [-0.3, -0.25) is 9.10 Å². The van der Waals surface area contributed by atoms with Crippen LogP contribution in [0.5, 0.6) is 0 Å². The van der Waals surface area contributed by atoms with Crippen molar-refractivity contribution >= 4 is 38.9 Å². The second-order valence-corrected chi connectivity index (χ2v) is 8.05. The van der Waals surface area contributed by atoms with Crippen LogP contribution >= 0.6 is 11.6 Å². The second-order valence-electron chi connectivity index (χ2n) is 5.75. The van der Waals surface area contributed by atoms with Gasteiger partial charge in [0.05, 0.1) is 11.9 Å². The number of nitrogens with zero attached hydrogens (tertiary/aromatic N) is 1. The standard InChI is InChI=1S/C17H17ClF2N2O3S/c1-10-7-8-12(18)9-15(10)22(26(3,24)25)11(2)17(23)21-16-13(19)5-4-6-14(16)20/h4-9,11H,1-3H3,(H,21,23)/t11-/m1/s1. The zero-order chi connectivity index (χ0) is 19.6. The van der Waals surface area contributed by atoms with Crippen molar-refractivity contribution in [3.63, 3.8) is 0 Å². The lowest BCUT2D eigenvalue weighted by Crippen LogP contribution is -2.45. The fourth-order valence-corrected chi connectivity index (χ4v) is 3.84. The lowest BCUT2D eigenvalue weighted by Gasteiger charge is -2.29. The molecule has 0 fully saturated rings. The molecule has 9 heteroatoms. The minimum Gasteiger partial charge on any atom is -0.319 e. The number of nitrogens with one attached hydrogen (secondary N) is 1. The van der Waals surface area contributed by atoms with Crippen molar-refractivity contribution in [1.82, 2.24) is 0 Å². The highest BCUT2D eigenvalue weighted by Crippen LogP contribution is 2.29. The minimum absolute atomic E-state index is 0.205. The average molecular weight is 403 g/mol. The van der Waals surface area contributed by atoms with Crippen LogP contribution < -0.4 is 9.62 Å². The van der Waals surface area contributed by atoms with Gasteiger partial charge in [0.1, 0.15) is 23.4 Å². The van der Waals surface area contributed by atoms with Crippen LogP contribution in [0.25, 0.3) is 0 Å². The normalized spacial score (nSPS) is 12.5. The summed E-state index contributed by atoms with van der Waals surface area (Å²) in [6, 6.07) is 6.45. The van der Waals surface area contributed by atoms with E-state index in [1.165, 1.54) is 13.0 Å². The quantitative estimate of drug-likeness (QED) is 0.828. The van der Waals surface area contributed by atoms with E-state index in [-0.39, 0.29) is 10.7 Å². The number of amides is 1. The number of benzene rings is 2. The maximum atomic E-state index is 13.7. The maximum Gasteiger partial charge on any atom is 0.248 e. The smallest absolute Gasteiger partial charge is 0.248 e. The van der Waals surface area contributed by atoms with Crippen LogP contribution in [0.1, 0.15) is 12.5 Å². The van der Waals surface area contributed by atoms with Gasteiger partial charge in [0.25, 0.3) is 0 Å². The Morgan fingerprint density at radius 2 is 1.77 bits per heavy atom. The zero-order valence-corrected chi connectivity index (χ0v) is 15.8. The number of carbonyl (C=O) groups is 1. The molecule has 2 aromatic carbocycles.